The summed E-state index contributed by atoms with van der Waals surface area (Å²) in [6.45, 7) is 3.95. The first-order valence-electron chi connectivity index (χ1n) is 7.35. The number of carbonyl (C=O) groups excluding carboxylic acids is 1. The van der Waals surface area contributed by atoms with Crippen molar-refractivity contribution in [2.75, 3.05) is 36.4 Å². The van der Waals surface area contributed by atoms with Gasteiger partial charge in [0.1, 0.15) is 5.82 Å². The van der Waals surface area contributed by atoms with Crippen molar-refractivity contribution in [2.24, 2.45) is 0 Å². The summed E-state index contributed by atoms with van der Waals surface area (Å²) in [7, 11) is 0. The van der Waals surface area contributed by atoms with Crippen LogP contribution in [0.4, 0.5) is 15.8 Å². The van der Waals surface area contributed by atoms with Crippen molar-refractivity contribution >= 4 is 17.3 Å². The number of halogens is 1. The Balaban J connectivity index is 1.65. The van der Waals surface area contributed by atoms with Crippen molar-refractivity contribution < 1.29 is 9.18 Å². The molecule has 0 radical (unpaired) electrons. The lowest BCUT2D eigenvalue weighted by molar-refractivity contribution is 0.102. The summed E-state index contributed by atoms with van der Waals surface area (Å²) >= 11 is 0. The summed E-state index contributed by atoms with van der Waals surface area (Å²) in [6.07, 6.45) is 0. The number of hydrogen-bond acceptors (Lipinski definition) is 3. The van der Waals surface area contributed by atoms with Crippen LogP contribution in [-0.2, 0) is 0 Å². The Labute approximate surface area is 128 Å². The summed E-state index contributed by atoms with van der Waals surface area (Å²) in [4.78, 5) is 14.4. The van der Waals surface area contributed by atoms with E-state index in [0.29, 0.717) is 5.56 Å². The van der Waals surface area contributed by atoms with Crippen molar-refractivity contribution in [3.8, 4) is 0 Å². The second-order valence-corrected chi connectivity index (χ2v) is 5.24. The molecular weight excluding hydrogens is 281 g/mol. The highest BCUT2D eigenvalue weighted by atomic mass is 19.1. The van der Waals surface area contributed by atoms with Crippen LogP contribution in [0.5, 0.6) is 0 Å². The molecule has 0 spiro atoms. The van der Waals surface area contributed by atoms with Crippen LogP contribution in [-0.4, -0.2) is 32.1 Å². The fraction of sp³-hybridized carbons (Fsp3) is 0.235. The summed E-state index contributed by atoms with van der Waals surface area (Å²) in [5.41, 5.74) is 2.32. The molecular formula is C17H18FN3O. The third kappa shape index (κ3) is 3.43. The van der Waals surface area contributed by atoms with Crippen molar-refractivity contribution in [2.45, 2.75) is 0 Å². The van der Waals surface area contributed by atoms with Crippen LogP contribution in [0.1, 0.15) is 10.4 Å². The van der Waals surface area contributed by atoms with Crippen molar-refractivity contribution in [1.82, 2.24) is 5.32 Å². The van der Waals surface area contributed by atoms with Crippen molar-refractivity contribution in [1.29, 1.82) is 0 Å². The Hall–Kier alpha value is -2.40. The predicted molar refractivity (Wildman–Crippen MR) is 85.9 cm³/mol. The van der Waals surface area contributed by atoms with Gasteiger partial charge in [-0.3, -0.25) is 4.79 Å². The maximum Gasteiger partial charge on any atom is 0.255 e. The van der Waals surface area contributed by atoms with Gasteiger partial charge in [-0.05, 0) is 48.5 Å². The van der Waals surface area contributed by atoms with Gasteiger partial charge in [0.15, 0.2) is 0 Å². The molecule has 1 saturated heterocycles. The van der Waals surface area contributed by atoms with Gasteiger partial charge in [-0.25, -0.2) is 4.39 Å². The molecule has 1 fully saturated rings. The van der Waals surface area contributed by atoms with Crippen molar-refractivity contribution in [3.05, 3.63) is 59.9 Å². The molecule has 22 heavy (non-hydrogen) atoms. The Kier molecular flexibility index (Phi) is 4.34. The lowest BCUT2D eigenvalue weighted by Crippen LogP contribution is -2.43. The fourth-order valence-corrected chi connectivity index (χ4v) is 2.48. The number of piperazine rings is 1. The largest absolute Gasteiger partial charge is 0.369 e. The molecule has 1 aliphatic heterocycles. The molecule has 1 amide bonds. The maximum absolute atomic E-state index is 12.9. The SMILES string of the molecule is O=C(Nc1ccc(N2CCNCC2)cc1)c1ccc(F)cc1. The van der Waals surface area contributed by atoms with Crippen LogP contribution in [0.15, 0.2) is 48.5 Å². The van der Waals surface area contributed by atoms with E-state index in [4.69, 9.17) is 0 Å². The molecule has 2 N–H and O–H groups in total. The first-order chi connectivity index (χ1) is 10.7. The van der Waals surface area contributed by atoms with E-state index >= 15 is 0 Å². The highest BCUT2D eigenvalue weighted by molar-refractivity contribution is 6.04. The monoisotopic (exact) mass is 299 g/mol. The smallest absolute Gasteiger partial charge is 0.255 e. The van der Waals surface area contributed by atoms with Crippen LogP contribution in [0.2, 0.25) is 0 Å². The summed E-state index contributed by atoms with van der Waals surface area (Å²) < 4.78 is 12.9. The molecule has 1 aliphatic rings. The fourth-order valence-electron chi connectivity index (χ4n) is 2.48. The number of nitrogens with one attached hydrogen (secondary N) is 2. The Morgan fingerprint density at radius 2 is 1.64 bits per heavy atom. The molecule has 0 aromatic heterocycles. The minimum absolute atomic E-state index is 0.241. The lowest BCUT2D eigenvalue weighted by Gasteiger charge is -2.29. The van der Waals surface area contributed by atoms with Crippen LogP contribution < -0.4 is 15.5 Å². The molecule has 0 atom stereocenters. The molecule has 0 bridgehead atoms. The summed E-state index contributed by atoms with van der Waals surface area (Å²) in [6, 6.07) is 13.3. The third-order valence-corrected chi connectivity index (χ3v) is 3.71. The van der Waals surface area contributed by atoms with Crippen LogP contribution in [0.3, 0.4) is 0 Å². The van der Waals surface area contributed by atoms with E-state index in [2.05, 4.69) is 15.5 Å². The first kappa shape index (κ1) is 14.5. The normalized spacial score (nSPS) is 14.7. The van der Waals surface area contributed by atoms with Gasteiger partial charge in [-0.1, -0.05) is 0 Å². The molecule has 2 aromatic rings. The van der Waals surface area contributed by atoms with Crippen molar-refractivity contribution in [3.63, 3.8) is 0 Å². The zero-order valence-corrected chi connectivity index (χ0v) is 12.2. The standard InChI is InChI=1S/C17H18FN3O/c18-14-3-1-13(2-4-14)17(22)20-15-5-7-16(8-6-15)21-11-9-19-10-12-21/h1-8,19H,9-12H2,(H,20,22). The summed E-state index contributed by atoms with van der Waals surface area (Å²) in [5.74, 6) is -0.591. The number of benzene rings is 2. The van der Waals surface area contributed by atoms with E-state index in [9.17, 15) is 9.18 Å². The van der Waals surface area contributed by atoms with Gasteiger partial charge < -0.3 is 15.5 Å². The van der Waals surface area contributed by atoms with Crippen LogP contribution in [0.25, 0.3) is 0 Å². The summed E-state index contributed by atoms with van der Waals surface area (Å²) in [5, 5.41) is 6.13. The second kappa shape index (κ2) is 6.58. The predicted octanol–water partition coefficient (Wildman–Crippen LogP) is 2.49. The quantitative estimate of drug-likeness (QED) is 0.915. The molecule has 3 rings (SSSR count). The van der Waals surface area contributed by atoms with E-state index in [0.717, 1.165) is 37.6 Å². The zero-order chi connectivity index (χ0) is 15.4. The van der Waals surface area contributed by atoms with Gasteiger partial charge in [-0.2, -0.15) is 0 Å². The Bertz CT molecular complexity index is 634. The number of rotatable bonds is 3. The number of hydrogen-bond donors (Lipinski definition) is 2. The molecule has 114 valence electrons. The number of nitrogens with zero attached hydrogens (tertiary/aromatic N) is 1. The minimum Gasteiger partial charge on any atom is -0.369 e. The number of anilines is 2. The Morgan fingerprint density at radius 3 is 2.27 bits per heavy atom. The molecule has 5 heteroatoms. The van der Waals surface area contributed by atoms with Gasteiger partial charge in [0, 0.05) is 43.1 Å². The second-order valence-electron chi connectivity index (χ2n) is 5.24. The van der Waals surface area contributed by atoms with Gasteiger partial charge >= 0.3 is 0 Å². The molecule has 2 aromatic carbocycles. The zero-order valence-electron chi connectivity index (χ0n) is 12.2. The molecule has 1 heterocycles. The highest BCUT2D eigenvalue weighted by Crippen LogP contribution is 2.19. The lowest BCUT2D eigenvalue weighted by atomic mass is 10.2. The molecule has 4 nitrogen and oxygen atoms in total. The van der Waals surface area contributed by atoms with Gasteiger partial charge in [0.2, 0.25) is 0 Å². The van der Waals surface area contributed by atoms with Gasteiger partial charge in [0.05, 0.1) is 0 Å². The highest BCUT2D eigenvalue weighted by Gasteiger charge is 2.11. The first-order valence-corrected chi connectivity index (χ1v) is 7.35. The molecule has 0 unspecified atom stereocenters. The topological polar surface area (TPSA) is 44.4 Å². The molecule has 0 aliphatic carbocycles. The average molecular weight is 299 g/mol. The number of amides is 1. The van der Waals surface area contributed by atoms with Gasteiger partial charge in [0.25, 0.3) is 5.91 Å². The van der Waals surface area contributed by atoms with E-state index in [1.165, 1.54) is 24.3 Å². The third-order valence-electron chi connectivity index (χ3n) is 3.71. The molecule has 0 saturated carbocycles. The van der Waals surface area contributed by atoms with E-state index < -0.39 is 0 Å². The van der Waals surface area contributed by atoms with E-state index in [1.54, 1.807) is 0 Å². The van der Waals surface area contributed by atoms with E-state index in [-0.39, 0.29) is 11.7 Å². The van der Waals surface area contributed by atoms with Crippen LogP contribution in [0, 0.1) is 5.82 Å². The van der Waals surface area contributed by atoms with Gasteiger partial charge in [-0.15, -0.1) is 0 Å². The Morgan fingerprint density at radius 1 is 1.00 bits per heavy atom. The maximum atomic E-state index is 12.9. The van der Waals surface area contributed by atoms with Crippen LogP contribution >= 0.6 is 0 Å². The number of carbonyl (C=O) groups is 1. The minimum atomic E-state index is -0.350. The van der Waals surface area contributed by atoms with E-state index in [1.807, 2.05) is 24.3 Å². The average Bonchev–Trinajstić information content (AvgIpc) is 2.57.